The molecule has 2 heterocycles. The Morgan fingerprint density at radius 1 is 1.31 bits per heavy atom. The Bertz CT molecular complexity index is 947. The molecule has 2 N–H and O–H groups in total. The molecule has 2 aromatic heterocycles. The Kier molecular flexibility index (Phi) is 4.36. The molecule has 0 aliphatic heterocycles. The summed E-state index contributed by atoms with van der Waals surface area (Å²) in [5.41, 5.74) is 1.55. The van der Waals surface area contributed by atoms with Crippen LogP contribution in [0, 0.1) is 6.92 Å². The fraction of sp³-hybridized carbons (Fsp3) is 0.200. The summed E-state index contributed by atoms with van der Waals surface area (Å²) in [6.07, 6.45) is -3.15. The SMILES string of the molecule is COc1ccc(C)cc1-n1ccc(C(=O)Nc2n[nH]c(C(F)(F)F)n2)n1. The zero-order chi connectivity index (χ0) is 18.9. The Hall–Kier alpha value is -3.37. The molecule has 0 aliphatic carbocycles. The summed E-state index contributed by atoms with van der Waals surface area (Å²) < 4.78 is 44.1. The van der Waals surface area contributed by atoms with E-state index < -0.39 is 23.9 Å². The van der Waals surface area contributed by atoms with Crippen LogP contribution in [0.3, 0.4) is 0 Å². The molecule has 8 nitrogen and oxygen atoms in total. The number of nitrogens with one attached hydrogen (secondary N) is 2. The summed E-state index contributed by atoms with van der Waals surface area (Å²) in [5.74, 6) is -2.00. The third-order valence-electron chi connectivity index (χ3n) is 3.38. The van der Waals surface area contributed by atoms with Crippen molar-refractivity contribution in [2.45, 2.75) is 13.1 Å². The third kappa shape index (κ3) is 3.50. The van der Waals surface area contributed by atoms with Gasteiger partial charge in [0.05, 0.1) is 7.11 Å². The summed E-state index contributed by atoms with van der Waals surface area (Å²) in [6, 6.07) is 6.85. The number of aryl methyl sites for hydroxylation is 1. The van der Waals surface area contributed by atoms with E-state index >= 15 is 0 Å². The molecule has 0 unspecified atom stereocenters. The molecule has 136 valence electrons. The average molecular weight is 366 g/mol. The van der Waals surface area contributed by atoms with Crippen LogP contribution in [0.1, 0.15) is 21.9 Å². The minimum Gasteiger partial charge on any atom is -0.494 e. The predicted molar refractivity (Wildman–Crippen MR) is 84.2 cm³/mol. The van der Waals surface area contributed by atoms with E-state index in [-0.39, 0.29) is 5.69 Å². The van der Waals surface area contributed by atoms with Gasteiger partial charge in [-0.3, -0.25) is 15.2 Å². The van der Waals surface area contributed by atoms with Crippen LogP contribution in [0.4, 0.5) is 19.1 Å². The van der Waals surface area contributed by atoms with Crippen molar-refractivity contribution in [1.82, 2.24) is 25.0 Å². The number of alkyl halides is 3. The summed E-state index contributed by atoms with van der Waals surface area (Å²) in [5, 5.41) is 11.3. The second-order valence-corrected chi connectivity index (χ2v) is 5.28. The number of rotatable bonds is 4. The van der Waals surface area contributed by atoms with E-state index in [9.17, 15) is 18.0 Å². The molecular formula is C15H13F3N6O2. The third-order valence-corrected chi connectivity index (χ3v) is 3.38. The quantitative estimate of drug-likeness (QED) is 0.740. The number of aromatic nitrogens is 5. The molecule has 26 heavy (non-hydrogen) atoms. The lowest BCUT2D eigenvalue weighted by molar-refractivity contribution is -0.144. The molecule has 0 atom stereocenters. The van der Waals surface area contributed by atoms with E-state index in [2.05, 4.69) is 20.5 Å². The van der Waals surface area contributed by atoms with Crippen LogP contribution >= 0.6 is 0 Å². The summed E-state index contributed by atoms with van der Waals surface area (Å²) in [7, 11) is 1.51. The Labute approximate surface area is 145 Å². The predicted octanol–water partition coefficient (Wildman–Crippen LogP) is 2.58. The zero-order valence-corrected chi connectivity index (χ0v) is 13.6. The van der Waals surface area contributed by atoms with Crippen molar-refractivity contribution >= 4 is 11.9 Å². The minimum absolute atomic E-state index is 0.0214. The maximum atomic E-state index is 12.5. The number of methoxy groups -OCH3 is 1. The van der Waals surface area contributed by atoms with E-state index in [1.807, 2.05) is 19.1 Å². The molecule has 0 saturated carbocycles. The van der Waals surface area contributed by atoms with Crippen LogP contribution in [0.5, 0.6) is 5.75 Å². The molecule has 1 aromatic carbocycles. The number of aromatic amines is 1. The van der Waals surface area contributed by atoms with Gasteiger partial charge >= 0.3 is 6.18 Å². The molecule has 0 aliphatic rings. The number of benzene rings is 1. The van der Waals surface area contributed by atoms with E-state index in [1.54, 1.807) is 11.2 Å². The lowest BCUT2D eigenvalue weighted by atomic mass is 10.2. The number of hydrogen-bond donors (Lipinski definition) is 2. The molecule has 3 aromatic rings. The normalized spacial score (nSPS) is 11.4. The van der Waals surface area contributed by atoms with Crippen LogP contribution < -0.4 is 10.1 Å². The van der Waals surface area contributed by atoms with Gasteiger partial charge in [0.1, 0.15) is 11.4 Å². The van der Waals surface area contributed by atoms with Crippen LogP contribution in [0.2, 0.25) is 0 Å². The maximum absolute atomic E-state index is 12.5. The van der Waals surface area contributed by atoms with Gasteiger partial charge in [-0.25, -0.2) is 4.68 Å². The molecule has 0 fully saturated rings. The second kappa shape index (κ2) is 6.50. The van der Waals surface area contributed by atoms with Gasteiger partial charge in [0.15, 0.2) is 5.69 Å². The smallest absolute Gasteiger partial charge is 0.451 e. The summed E-state index contributed by atoms with van der Waals surface area (Å²) in [6.45, 7) is 1.89. The lowest BCUT2D eigenvalue weighted by Gasteiger charge is -2.09. The number of H-pyrrole nitrogens is 1. The highest BCUT2D eigenvalue weighted by Gasteiger charge is 2.35. The van der Waals surface area contributed by atoms with Crippen molar-refractivity contribution in [1.29, 1.82) is 0 Å². The van der Waals surface area contributed by atoms with Gasteiger partial charge in [-0.1, -0.05) is 6.07 Å². The second-order valence-electron chi connectivity index (χ2n) is 5.28. The fourth-order valence-electron chi connectivity index (χ4n) is 2.17. The van der Waals surface area contributed by atoms with E-state index in [4.69, 9.17) is 4.74 Å². The van der Waals surface area contributed by atoms with Gasteiger partial charge in [-0.2, -0.15) is 23.3 Å². The van der Waals surface area contributed by atoms with Gasteiger partial charge < -0.3 is 4.74 Å². The van der Waals surface area contributed by atoms with Gasteiger partial charge in [0.25, 0.3) is 5.91 Å². The first-order valence-electron chi connectivity index (χ1n) is 7.29. The first-order valence-corrected chi connectivity index (χ1v) is 7.29. The first kappa shape index (κ1) is 17.5. The number of carbonyl (C=O) groups is 1. The van der Waals surface area contributed by atoms with Crippen molar-refractivity contribution in [3.8, 4) is 11.4 Å². The van der Waals surface area contributed by atoms with Gasteiger partial charge in [-0.05, 0) is 30.7 Å². The van der Waals surface area contributed by atoms with E-state index in [1.165, 1.54) is 24.1 Å². The molecule has 0 radical (unpaired) electrons. The number of halogens is 3. The Morgan fingerprint density at radius 3 is 2.73 bits per heavy atom. The van der Waals surface area contributed by atoms with Crippen LogP contribution in [-0.2, 0) is 6.18 Å². The molecule has 0 saturated heterocycles. The standard InChI is InChI=1S/C15H13F3N6O2/c1-8-3-4-11(26-2)10(7-8)24-6-5-9(23-24)12(25)19-14-20-13(21-22-14)15(16,17)18/h3-7H,1-2H3,(H2,19,20,21,22,25). The minimum atomic E-state index is -4.68. The van der Waals surface area contributed by atoms with Crippen LogP contribution in [0.25, 0.3) is 5.69 Å². The zero-order valence-electron chi connectivity index (χ0n) is 13.6. The molecular weight excluding hydrogens is 353 g/mol. The maximum Gasteiger partial charge on any atom is 0.451 e. The van der Waals surface area contributed by atoms with Gasteiger partial charge in [-0.15, -0.1) is 5.10 Å². The van der Waals surface area contributed by atoms with Crippen molar-refractivity contribution in [3.63, 3.8) is 0 Å². The Morgan fingerprint density at radius 2 is 2.08 bits per heavy atom. The average Bonchev–Trinajstić information content (AvgIpc) is 3.23. The van der Waals surface area contributed by atoms with Crippen molar-refractivity contribution < 1.29 is 22.7 Å². The Balaban J connectivity index is 1.81. The topological polar surface area (TPSA) is 97.7 Å². The molecule has 0 spiro atoms. The van der Waals surface area contributed by atoms with E-state index in [0.717, 1.165) is 5.56 Å². The van der Waals surface area contributed by atoms with Crippen molar-refractivity contribution in [2.75, 3.05) is 12.4 Å². The molecule has 0 bridgehead atoms. The highest BCUT2D eigenvalue weighted by Crippen LogP contribution is 2.26. The van der Waals surface area contributed by atoms with Crippen LogP contribution in [0.15, 0.2) is 30.5 Å². The summed E-state index contributed by atoms with van der Waals surface area (Å²) >= 11 is 0. The lowest BCUT2D eigenvalue weighted by Crippen LogP contribution is -2.14. The summed E-state index contributed by atoms with van der Waals surface area (Å²) in [4.78, 5) is 15.3. The van der Waals surface area contributed by atoms with Gasteiger partial charge in [0.2, 0.25) is 11.8 Å². The van der Waals surface area contributed by atoms with Gasteiger partial charge in [0, 0.05) is 6.20 Å². The number of ether oxygens (including phenoxy) is 1. The number of nitrogens with zero attached hydrogens (tertiary/aromatic N) is 4. The molecule has 11 heteroatoms. The van der Waals surface area contributed by atoms with Crippen molar-refractivity contribution in [3.05, 3.63) is 47.5 Å². The number of amides is 1. The monoisotopic (exact) mass is 366 g/mol. The highest BCUT2D eigenvalue weighted by molar-refractivity contribution is 6.01. The molecule has 3 rings (SSSR count). The number of anilines is 1. The largest absolute Gasteiger partial charge is 0.494 e. The fourth-order valence-corrected chi connectivity index (χ4v) is 2.17. The van der Waals surface area contributed by atoms with Crippen LogP contribution in [-0.4, -0.2) is 38.0 Å². The highest BCUT2D eigenvalue weighted by atomic mass is 19.4. The first-order chi connectivity index (χ1) is 12.3. The van der Waals surface area contributed by atoms with Crippen molar-refractivity contribution in [2.24, 2.45) is 0 Å². The molecule has 1 amide bonds. The van der Waals surface area contributed by atoms with E-state index in [0.29, 0.717) is 11.4 Å². The number of hydrogen-bond acceptors (Lipinski definition) is 5. The number of carbonyl (C=O) groups excluding carboxylic acids is 1.